The molecule has 8 nitrogen and oxygen atoms in total. The third-order valence-corrected chi connectivity index (χ3v) is 6.00. The Bertz CT molecular complexity index is 1030. The van der Waals surface area contributed by atoms with E-state index in [-0.39, 0.29) is 29.7 Å². The molecule has 0 saturated carbocycles. The Morgan fingerprint density at radius 2 is 2.03 bits per heavy atom. The summed E-state index contributed by atoms with van der Waals surface area (Å²) < 4.78 is 5.34. The average molecular weight is 410 g/mol. The van der Waals surface area contributed by atoms with Crippen LogP contribution in [0.1, 0.15) is 41.9 Å². The van der Waals surface area contributed by atoms with Crippen LogP contribution in [0.5, 0.6) is 5.75 Å². The number of H-pyrrole nitrogens is 1. The van der Waals surface area contributed by atoms with Crippen LogP contribution in [0, 0.1) is 0 Å². The highest BCUT2D eigenvalue weighted by molar-refractivity contribution is 5.80. The standard InChI is InChI=1S/C22H26N4O4/c1-14(27)25-10-8-17-18(13-25)23-21(24-22(17)29)16-7-9-26(12-16)20(28)11-15-5-3-4-6-19(15)30-2/h3-6,16H,7-13H2,1-2H3,(H,23,24,29). The van der Waals surface area contributed by atoms with Crippen LogP contribution in [0.3, 0.4) is 0 Å². The van der Waals surface area contributed by atoms with Crippen LogP contribution in [0.2, 0.25) is 0 Å². The molecule has 4 rings (SSSR count). The van der Waals surface area contributed by atoms with Gasteiger partial charge in [0.05, 0.1) is 25.8 Å². The van der Waals surface area contributed by atoms with Crippen molar-refractivity contribution in [2.24, 2.45) is 0 Å². The summed E-state index contributed by atoms with van der Waals surface area (Å²) in [5.74, 6) is 1.31. The quantitative estimate of drug-likeness (QED) is 0.818. The van der Waals surface area contributed by atoms with Crippen LogP contribution < -0.4 is 10.3 Å². The maximum Gasteiger partial charge on any atom is 0.254 e. The van der Waals surface area contributed by atoms with Crippen molar-refractivity contribution >= 4 is 11.8 Å². The number of methoxy groups -OCH3 is 1. The molecule has 1 unspecified atom stereocenters. The number of carbonyl (C=O) groups excluding carboxylic acids is 2. The number of aromatic amines is 1. The van der Waals surface area contributed by atoms with Gasteiger partial charge in [0.1, 0.15) is 11.6 Å². The lowest BCUT2D eigenvalue weighted by molar-refractivity contribution is -0.130. The number of para-hydroxylation sites is 1. The summed E-state index contributed by atoms with van der Waals surface area (Å²) in [5, 5.41) is 0. The first-order valence-corrected chi connectivity index (χ1v) is 10.2. The lowest BCUT2D eigenvalue weighted by atomic mass is 10.0. The number of rotatable bonds is 4. The highest BCUT2D eigenvalue weighted by Crippen LogP contribution is 2.27. The fourth-order valence-corrected chi connectivity index (χ4v) is 4.25. The number of ether oxygens (including phenoxy) is 1. The fourth-order valence-electron chi connectivity index (χ4n) is 4.25. The largest absolute Gasteiger partial charge is 0.496 e. The summed E-state index contributed by atoms with van der Waals surface area (Å²) in [4.78, 5) is 48.2. The van der Waals surface area contributed by atoms with Gasteiger partial charge in [-0.25, -0.2) is 4.98 Å². The predicted octanol–water partition coefficient (Wildman–Crippen LogP) is 1.24. The van der Waals surface area contributed by atoms with Crippen molar-refractivity contribution in [1.82, 2.24) is 19.8 Å². The smallest absolute Gasteiger partial charge is 0.254 e. The molecule has 3 heterocycles. The minimum Gasteiger partial charge on any atom is -0.496 e. The Balaban J connectivity index is 1.47. The molecule has 2 amide bonds. The maximum atomic E-state index is 12.8. The molecular formula is C22H26N4O4. The Hall–Kier alpha value is -3.16. The second-order valence-corrected chi connectivity index (χ2v) is 7.88. The Morgan fingerprint density at radius 3 is 2.80 bits per heavy atom. The van der Waals surface area contributed by atoms with E-state index in [0.29, 0.717) is 55.4 Å². The molecule has 8 heteroatoms. The van der Waals surface area contributed by atoms with Crippen LogP contribution in [0.15, 0.2) is 29.1 Å². The van der Waals surface area contributed by atoms with Crippen LogP contribution in [0.25, 0.3) is 0 Å². The number of likely N-dealkylation sites (tertiary alicyclic amines) is 1. The molecule has 158 valence electrons. The SMILES string of the molecule is COc1ccccc1CC(=O)N1CCC(c2nc3c(c(=O)[nH]2)CCN(C(C)=O)C3)C1. The Labute approximate surface area is 174 Å². The highest BCUT2D eigenvalue weighted by atomic mass is 16.5. The second-order valence-electron chi connectivity index (χ2n) is 7.88. The van der Waals surface area contributed by atoms with E-state index in [1.165, 1.54) is 6.92 Å². The summed E-state index contributed by atoms with van der Waals surface area (Å²) in [6, 6.07) is 7.52. The molecule has 0 aliphatic carbocycles. The second kappa shape index (κ2) is 8.30. The van der Waals surface area contributed by atoms with Crippen molar-refractivity contribution in [3.05, 3.63) is 57.3 Å². The molecule has 1 saturated heterocycles. The first kappa shape index (κ1) is 20.1. The zero-order valence-electron chi connectivity index (χ0n) is 17.3. The van der Waals surface area contributed by atoms with E-state index in [9.17, 15) is 14.4 Å². The number of amides is 2. The highest BCUT2D eigenvalue weighted by Gasteiger charge is 2.31. The van der Waals surface area contributed by atoms with Crippen molar-refractivity contribution in [2.75, 3.05) is 26.7 Å². The van der Waals surface area contributed by atoms with E-state index in [2.05, 4.69) is 9.97 Å². The summed E-state index contributed by atoms with van der Waals surface area (Å²) in [6.45, 7) is 3.58. The van der Waals surface area contributed by atoms with Crippen molar-refractivity contribution < 1.29 is 14.3 Å². The van der Waals surface area contributed by atoms with Crippen molar-refractivity contribution in [3.8, 4) is 5.75 Å². The van der Waals surface area contributed by atoms with E-state index < -0.39 is 0 Å². The molecule has 2 aromatic rings. The van der Waals surface area contributed by atoms with Crippen molar-refractivity contribution in [3.63, 3.8) is 0 Å². The molecule has 0 radical (unpaired) electrons. The monoisotopic (exact) mass is 410 g/mol. The molecule has 1 atom stereocenters. The van der Waals surface area contributed by atoms with Gasteiger partial charge in [-0.2, -0.15) is 0 Å². The van der Waals surface area contributed by atoms with Crippen LogP contribution >= 0.6 is 0 Å². The van der Waals surface area contributed by atoms with Gasteiger partial charge in [-0.3, -0.25) is 14.4 Å². The molecular weight excluding hydrogens is 384 g/mol. The van der Waals surface area contributed by atoms with Crippen LogP contribution in [-0.2, 0) is 29.0 Å². The molecule has 1 aromatic heterocycles. The summed E-state index contributed by atoms with van der Waals surface area (Å²) in [6.07, 6.45) is 1.54. The number of nitrogens with zero attached hydrogens (tertiary/aromatic N) is 3. The summed E-state index contributed by atoms with van der Waals surface area (Å²) in [7, 11) is 1.60. The number of fused-ring (bicyclic) bond motifs is 1. The van der Waals surface area contributed by atoms with Gasteiger partial charge in [-0.15, -0.1) is 0 Å². The van der Waals surface area contributed by atoms with Crippen molar-refractivity contribution in [1.29, 1.82) is 0 Å². The van der Waals surface area contributed by atoms with Gasteiger partial charge in [0.15, 0.2) is 0 Å². The number of hydrogen-bond donors (Lipinski definition) is 1. The Morgan fingerprint density at radius 1 is 1.23 bits per heavy atom. The maximum absolute atomic E-state index is 12.8. The topological polar surface area (TPSA) is 95.6 Å². The Kier molecular flexibility index (Phi) is 5.57. The third-order valence-electron chi connectivity index (χ3n) is 6.00. The molecule has 0 bridgehead atoms. The number of carbonyl (C=O) groups is 2. The number of nitrogens with one attached hydrogen (secondary N) is 1. The zero-order chi connectivity index (χ0) is 21.3. The van der Waals surface area contributed by atoms with Gasteiger partial charge in [-0.1, -0.05) is 18.2 Å². The predicted molar refractivity (Wildman–Crippen MR) is 110 cm³/mol. The third kappa shape index (κ3) is 3.94. The molecule has 2 aliphatic heterocycles. The van der Waals surface area contributed by atoms with Gasteiger partial charge in [0.25, 0.3) is 5.56 Å². The number of hydrogen-bond acceptors (Lipinski definition) is 5. The van der Waals surface area contributed by atoms with Gasteiger partial charge in [-0.05, 0) is 18.9 Å². The number of benzene rings is 1. The normalized spacial score (nSPS) is 18.3. The summed E-state index contributed by atoms with van der Waals surface area (Å²) in [5.41, 5.74) is 2.07. The molecule has 0 spiro atoms. The van der Waals surface area contributed by atoms with Gasteiger partial charge in [0, 0.05) is 43.6 Å². The van der Waals surface area contributed by atoms with Crippen LogP contribution in [0.4, 0.5) is 0 Å². The minimum absolute atomic E-state index is 0.0155. The molecule has 2 aliphatic rings. The average Bonchev–Trinajstić information content (AvgIpc) is 3.24. The van der Waals surface area contributed by atoms with E-state index >= 15 is 0 Å². The molecule has 1 fully saturated rings. The molecule has 1 N–H and O–H groups in total. The lowest BCUT2D eigenvalue weighted by Gasteiger charge is -2.27. The molecule has 30 heavy (non-hydrogen) atoms. The lowest BCUT2D eigenvalue weighted by Crippen LogP contribution is -2.38. The van der Waals surface area contributed by atoms with E-state index in [1.54, 1.807) is 12.0 Å². The first-order valence-electron chi connectivity index (χ1n) is 10.2. The minimum atomic E-state index is -0.128. The van der Waals surface area contributed by atoms with Crippen LogP contribution in [-0.4, -0.2) is 58.3 Å². The van der Waals surface area contributed by atoms with Gasteiger partial charge >= 0.3 is 0 Å². The number of aromatic nitrogens is 2. The molecule has 1 aromatic carbocycles. The van der Waals surface area contributed by atoms with E-state index in [4.69, 9.17) is 4.74 Å². The van der Waals surface area contributed by atoms with Crippen molar-refractivity contribution in [2.45, 2.75) is 38.6 Å². The van der Waals surface area contributed by atoms with Gasteiger partial charge < -0.3 is 19.5 Å². The fraction of sp³-hybridized carbons (Fsp3) is 0.455. The van der Waals surface area contributed by atoms with Gasteiger partial charge in [0.2, 0.25) is 11.8 Å². The zero-order valence-corrected chi connectivity index (χ0v) is 17.3. The first-order chi connectivity index (χ1) is 14.5. The van der Waals surface area contributed by atoms with E-state index in [0.717, 1.165) is 12.0 Å². The van der Waals surface area contributed by atoms with E-state index in [1.807, 2.05) is 29.2 Å². The summed E-state index contributed by atoms with van der Waals surface area (Å²) >= 11 is 0.